The summed E-state index contributed by atoms with van der Waals surface area (Å²) in [6.45, 7) is 3.45. The Bertz CT molecular complexity index is 554. The molecule has 0 aromatic heterocycles. The minimum atomic E-state index is -0.664. The Morgan fingerprint density at radius 2 is 1.75 bits per heavy atom. The Labute approximate surface area is 152 Å². The van der Waals surface area contributed by atoms with Crippen LogP contribution in [0.4, 0.5) is 0 Å². The van der Waals surface area contributed by atoms with Gasteiger partial charge in [0.1, 0.15) is 0 Å². The highest BCUT2D eigenvalue weighted by Crippen LogP contribution is 2.52. The van der Waals surface area contributed by atoms with E-state index in [0.717, 1.165) is 24.9 Å². The molecule has 2 fully saturated rings. The van der Waals surface area contributed by atoms with Crippen molar-refractivity contribution in [3.05, 3.63) is 48.0 Å². The summed E-state index contributed by atoms with van der Waals surface area (Å²) in [5.74, 6) is 1.67. The van der Waals surface area contributed by atoms with Gasteiger partial charge in [-0.25, -0.2) is 0 Å². The van der Waals surface area contributed by atoms with E-state index < -0.39 is 5.60 Å². The molecule has 3 unspecified atom stereocenters. The van der Waals surface area contributed by atoms with Gasteiger partial charge in [-0.3, -0.25) is 0 Å². The second kappa shape index (κ2) is 7.59. The van der Waals surface area contributed by atoms with Crippen molar-refractivity contribution in [3.8, 4) is 0 Å². The molecule has 1 saturated carbocycles. The van der Waals surface area contributed by atoms with Crippen LogP contribution in [0.1, 0.15) is 44.1 Å². The van der Waals surface area contributed by atoms with Crippen LogP contribution < -0.4 is 0 Å². The number of halogens is 1. The molecular formula is C21H30ClNO. The lowest BCUT2D eigenvalue weighted by molar-refractivity contribution is -0.0495. The van der Waals surface area contributed by atoms with Crippen molar-refractivity contribution in [2.75, 3.05) is 19.6 Å². The summed E-state index contributed by atoms with van der Waals surface area (Å²) < 4.78 is 0. The summed E-state index contributed by atoms with van der Waals surface area (Å²) >= 11 is 0. The minimum Gasteiger partial charge on any atom is -0.385 e. The molecule has 2 aliphatic carbocycles. The third-order valence-corrected chi connectivity index (χ3v) is 6.42. The van der Waals surface area contributed by atoms with E-state index in [2.05, 4.69) is 47.4 Å². The maximum Gasteiger partial charge on any atom is 0.0942 e. The molecule has 2 nitrogen and oxygen atoms in total. The van der Waals surface area contributed by atoms with Gasteiger partial charge in [-0.2, -0.15) is 0 Å². The first-order valence-electron chi connectivity index (χ1n) is 9.44. The van der Waals surface area contributed by atoms with Crippen LogP contribution in [-0.2, 0) is 5.60 Å². The zero-order chi connectivity index (χ0) is 15.7. The van der Waals surface area contributed by atoms with E-state index in [1.54, 1.807) is 0 Å². The van der Waals surface area contributed by atoms with Crippen molar-refractivity contribution < 1.29 is 5.11 Å². The molecule has 4 rings (SSSR count). The van der Waals surface area contributed by atoms with Gasteiger partial charge in [0.2, 0.25) is 0 Å². The number of benzene rings is 1. The first-order chi connectivity index (χ1) is 11.3. The van der Waals surface area contributed by atoms with Crippen LogP contribution in [0.5, 0.6) is 0 Å². The number of allylic oxidation sites excluding steroid dienone is 2. The summed E-state index contributed by atoms with van der Waals surface area (Å²) in [7, 11) is 0. The quantitative estimate of drug-likeness (QED) is 0.799. The van der Waals surface area contributed by atoms with Crippen molar-refractivity contribution in [2.45, 2.75) is 44.1 Å². The van der Waals surface area contributed by atoms with Gasteiger partial charge in [0, 0.05) is 6.54 Å². The van der Waals surface area contributed by atoms with Gasteiger partial charge in [0.25, 0.3) is 0 Å². The van der Waals surface area contributed by atoms with Gasteiger partial charge in [0.05, 0.1) is 5.60 Å². The summed E-state index contributed by atoms with van der Waals surface area (Å²) in [4.78, 5) is 2.56. The predicted octanol–water partition coefficient (Wildman–Crippen LogP) is 4.38. The lowest BCUT2D eigenvalue weighted by Crippen LogP contribution is -2.42. The Morgan fingerprint density at radius 3 is 2.38 bits per heavy atom. The number of rotatable bonds is 5. The fourth-order valence-corrected chi connectivity index (χ4v) is 5.11. The number of piperidine rings is 1. The number of hydrogen-bond acceptors (Lipinski definition) is 2. The largest absolute Gasteiger partial charge is 0.385 e. The van der Waals surface area contributed by atoms with Crippen molar-refractivity contribution in [1.82, 2.24) is 4.90 Å². The summed E-state index contributed by atoms with van der Waals surface area (Å²) in [5, 5.41) is 11.8. The average molecular weight is 348 g/mol. The second-order valence-electron chi connectivity index (χ2n) is 7.83. The zero-order valence-electron chi connectivity index (χ0n) is 14.4. The van der Waals surface area contributed by atoms with Gasteiger partial charge in [0.15, 0.2) is 0 Å². The van der Waals surface area contributed by atoms with Crippen molar-refractivity contribution in [1.29, 1.82) is 0 Å². The Balaban J connectivity index is 0.00000169. The Hall–Kier alpha value is -0.830. The monoisotopic (exact) mass is 347 g/mol. The molecule has 1 heterocycles. The molecule has 0 spiro atoms. The molecule has 0 amide bonds. The highest BCUT2D eigenvalue weighted by Gasteiger charge is 2.48. The van der Waals surface area contributed by atoms with E-state index in [4.69, 9.17) is 0 Å². The normalized spacial score (nSPS) is 31.6. The molecule has 24 heavy (non-hydrogen) atoms. The average Bonchev–Trinajstić information content (AvgIpc) is 3.25. The first kappa shape index (κ1) is 18.0. The van der Waals surface area contributed by atoms with Crippen molar-refractivity contribution in [3.63, 3.8) is 0 Å². The highest BCUT2D eigenvalue weighted by atomic mass is 35.5. The molecule has 1 aromatic carbocycles. The maximum atomic E-state index is 11.8. The molecule has 0 radical (unpaired) electrons. The van der Waals surface area contributed by atoms with Gasteiger partial charge in [-0.15, -0.1) is 12.4 Å². The van der Waals surface area contributed by atoms with Crippen LogP contribution in [0, 0.1) is 17.8 Å². The van der Waals surface area contributed by atoms with Gasteiger partial charge >= 0.3 is 0 Å². The Kier molecular flexibility index (Phi) is 5.69. The van der Waals surface area contributed by atoms with Gasteiger partial charge in [-0.1, -0.05) is 48.9 Å². The lowest BCUT2D eigenvalue weighted by Gasteiger charge is -2.40. The number of aliphatic hydroxyl groups is 1. The maximum absolute atomic E-state index is 11.8. The second-order valence-corrected chi connectivity index (χ2v) is 7.83. The van der Waals surface area contributed by atoms with E-state index in [-0.39, 0.29) is 12.4 Å². The summed E-state index contributed by atoms with van der Waals surface area (Å²) in [6.07, 6.45) is 12.0. The van der Waals surface area contributed by atoms with Crippen LogP contribution in [0.25, 0.3) is 0 Å². The van der Waals surface area contributed by atoms with Crippen LogP contribution in [0.15, 0.2) is 42.5 Å². The van der Waals surface area contributed by atoms with E-state index in [1.165, 1.54) is 38.8 Å². The minimum absolute atomic E-state index is 0. The molecule has 1 aliphatic heterocycles. The number of likely N-dealkylation sites (tertiary alicyclic amines) is 1. The third-order valence-electron chi connectivity index (χ3n) is 6.42. The standard InChI is InChI=1S/C21H29NO.ClH/c23-21(19-7-3-1-4-8-19,11-14-22-12-5-2-6-13-22)20-16-17-9-10-18(20)15-17;/h1,3-4,7-10,17-18,20,23H,2,5-6,11-16H2;1H/t17?,18?,20-,21?;/m1./s1. The van der Waals surface area contributed by atoms with Crippen molar-refractivity contribution in [2.24, 2.45) is 17.8 Å². The van der Waals surface area contributed by atoms with Crippen LogP contribution in [0.2, 0.25) is 0 Å². The molecule has 2 bridgehead atoms. The van der Waals surface area contributed by atoms with Gasteiger partial charge in [-0.05, 0) is 68.5 Å². The molecule has 1 aromatic rings. The summed E-state index contributed by atoms with van der Waals surface area (Å²) in [6, 6.07) is 10.5. The summed E-state index contributed by atoms with van der Waals surface area (Å²) in [5.41, 5.74) is 0.464. The third kappa shape index (κ3) is 3.42. The van der Waals surface area contributed by atoms with Crippen molar-refractivity contribution >= 4 is 12.4 Å². The predicted molar refractivity (Wildman–Crippen MR) is 101 cm³/mol. The SMILES string of the molecule is Cl.OC(CCN1CCCCC1)(c1ccccc1)[C@@H]1CC2C=CC1C2. The van der Waals surface area contributed by atoms with Gasteiger partial charge < -0.3 is 10.0 Å². The molecule has 1 saturated heterocycles. The van der Waals surface area contributed by atoms with E-state index in [0.29, 0.717) is 17.8 Å². The van der Waals surface area contributed by atoms with E-state index in [1.807, 2.05) is 0 Å². The topological polar surface area (TPSA) is 23.5 Å². The van der Waals surface area contributed by atoms with E-state index >= 15 is 0 Å². The van der Waals surface area contributed by atoms with E-state index in [9.17, 15) is 5.11 Å². The highest BCUT2D eigenvalue weighted by molar-refractivity contribution is 5.85. The molecule has 3 heteroatoms. The Morgan fingerprint density at radius 1 is 1.00 bits per heavy atom. The van der Waals surface area contributed by atoms with Crippen LogP contribution in [0.3, 0.4) is 0 Å². The van der Waals surface area contributed by atoms with Crippen LogP contribution >= 0.6 is 12.4 Å². The first-order valence-corrected chi connectivity index (χ1v) is 9.44. The zero-order valence-corrected chi connectivity index (χ0v) is 15.3. The molecule has 132 valence electrons. The fraction of sp³-hybridized carbons (Fsp3) is 0.619. The molecule has 4 atom stereocenters. The lowest BCUT2D eigenvalue weighted by atomic mass is 9.72. The number of hydrogen-bond donors (Lipinski definition) is 1. The molecule has 1 N–H and O–H groups in total. The van der Waals surface area contributed by atoms with Crippen LogP contribution in [-0.4, -0.2) is 29.6 Å². The fourth-order valence-electron chi connectivity index (χ4n) is 5.11. The molecule has 3 aliphatic rings. The molecular weight excluding hydrogens is 318 g/mol. The number of fused-ring (bicyclic) bond motifs is 2. The smallest absolute Gasteiger partial charge is 0.0942 e. The number of nitrogens with zero attached hydrogens (tertiary/aromatic N) is 1.